The van der Waals surface area contributed by atoms with Crippen molar-refractivity contribution in [2.24, 2.45) is 50.7 Å². The summed E-state index contributed by atoms with van der Waals surface area (Å²) in [5.74, 6) is 0.558. The smallest absolute Gasteiger partial charge is 0.347 e. The number of allylic oxidation sites excluding steroid dienone is 1. The Morgan fingerprint density at radius 3 is 2.14 bits per heavy atom. The van der Waals surface area contributed by atoms with Gasteiger partial charge < -0.3 is 10.2 Å². The lowest BCUT2D eigenvalue weighted by atomic mass is 9.33. The molecule has 244 valence electrons. The average Bonchev–Trinajstić information content (AvgIpc) is 3.20. The van der Waals surface area contributed by atoms with E-state index in [1.165, 1.54) is 38.5 Å². The Labute approximate surface area is 254 Å². The third kappa shape index (κ3) is 5.37. The first-order valence-corrected chi connectivity index (χ1v) is 16.1. The lowest BCUT2D eigenvalue weighted by Gasteiger charge is -2.71. The van der Waals surface area contributed by atoms with Crippen LogP contribution >= 0.6 is 0 Å². The number of Topliss-reactive ketones (excluding diaryl/α,β-unsaturated/α-hetero) is 1. The first-order valence-electron chi connectivity index (χ1n) is 16.1. The Balaban J connectivity index is 0.000000410. The van der Waals surface area contributed by atoms with Crippen LogP contribution in [-0.2, 0) is 19.3 Å². The van der Waals surface area contributed by atoms with Crippen molar-refractivity contribution in [3.8, 4) is 0 Å². The van der Waals surface area contributed by atoms with Crippen LogP contribution in [0, 0.1) is 50.7 Å². The molecule has 0 aliphatic heterocycles. The second-order valence-electron chi connectivity index (χ2n) is 16.0. The zero-order chi connectivity index (χ0) is 32.4. The maximum absolute atomic E-state index is 13.3. The molecule has 5 aliphatic carbocycles. The predicted octanol–water partition coefficient (Wildman–Crippen LogP) is 8.06. The fraction of sp³-hybridized carbons (Fsp3) is 0.853. The van der Waals surface area contributed by atoms with Gasteiger partial charge in [0.05, 0.1) is 0 Å². The summed E-state index contributed by atoms with van der Waals surface area (Å²) >= 11 is 0. The highest BCUT2D eigenvalue weighted by atomic mass is 19.4. The molecule has 6 nitrogen and oxygen atoms in total. The molecule has 43 heavy (non-hydrogen) atoms. The lowest BCUT2D eigenvalue weighted by Crippen LogP contribution is -2.64. The van der Waals surface area contributed by atoms with Crippen molar-refractivity contribution in [1.82, 2.24) is 5.32 Å². The predicted molar refractivity (Wildman–Crippen MR) is 158 cm³/mol. The molecule has 0 spiro atoms. The van der Waals surface area contributed by atoms with E-state index in [1.807, 2.05) is 0 Å². The van der Waals surface area contributed by atoms with Crippen molar-refractivity contribution in [3.05, 3.63) is 11.1 Å². The van der Waals surface area contributed by atoms with Crippen LogP contribution in [0.25, 0.3) is 0 Å². The Hall–Kier alpha value is -1.90. The summed E-state index contributed by atoms with van der Waals surface area (Å²) in [5.41, 5.74) is 1.96. The van der Waals surface area contributed by atoms with Gasteiger partial charge in [0.25, 0.3) is 0 Å². The van der Waals surface area contributed by atoms with E-state index in [1.54, 1.807) is 5.32 Å². The number of alkyl halides is 3. The van der Waals surface area contributed by atoms with Gasteiger partial charge in [-0.1, -0.05) is 54.9 Å². The van der Waals surface area contributed by atoms with E-state index in [2.05, 4.69) is 53.4 Å². The topological polar surface area (TPSA) is 92.7 Å². The molecule has 9 heteroatoms. The highest BCUT2D eigenvalue weighted by Crippen LogP contribution is 2.76. The van der Waals surface area contributed by atoms with Gasteiger partial charge in [-0.05, 0) is 108 Å². The van der Waals surface area contributed by atoms with Crippen LogP contribution < -0.4 is 5.32 Å². The summed E-state index contributed by atoms with van der Waals surface area (Å²) in [4.78, 5) is 40.7. The molecule has 2 N–H and O–H groups in total. The fourth-order valence-electron chi connectivity index (χ4n) is 11.3. The molecule has 1 amide bonds. The van der Waals surface area contributed by atoms with Crippen LogP contribution in [0.3, 0.4) is 0 Å². The molecule has 4 saturated carbocycles. The van der Waals surface area contributed by atoms with Crippen LogP contribution in [-0.4, -0.2) is 35.6 Å². The molecule has 0 aromatic heterocycles. The number of ketones is 1. The third-order valence-corrected chi connectivity index (χ3v) is 13.2. The summed E-state index contributed by atoms with van der Waals surface area (Å²) in [7, 11) is 0. The monoisotopic (exact) mass is 611 g/mol. The van der Waals surface area contributed by atoms with Crippen LogP contribution in [0.4, 0.5) is 13.2 Å². The fourth-order valence-corrected chi connectivity index (χ4v) is 11.3. The summed E-state index contributed by atoms with van der Waals surface area (Å²) in [6, 6.07) is 0. The number of amides is 1. The van der Waals surface area contributed by atoms with Crippen molar-refractivity contribution in [2.75, 3.05) is 6.54 Å². The van der Waals surface area contributed by atoms with E-state index < -0.39 is 30.0 Å². The SMILES string of the molecule is CC(=O)NCC(F)(F)F.CC(C)C1=C2[C@H]3CC[C@@H]4[C@@]5(C)CCCC(C)(C)[C@@H]5CC[C@@]4(C)[C@]3(C)CC[C@@]2(C(=O)OO)CC1=O. The van der Waals surface area contributed by atoms with Crippen LogP contribution in [0.2, 0.25) is 0 Å². The Kier molecular flexibility index (Phi) is 8.82. The van der Waals surface area contributed by atoms with Gasteiger partial charge in [-0.15, -0.1) is 0 Å². The molecule has 0 aromatic carbocycles. The average molecular weight is 612 g/mol. The van der Waals surface area contributed by atoms with E-state index >= 15 is 0 Å². The summed E-state index contributed by atoms with van der Waals surface area (Å²) < 4.78 is 33.6. The standard InChI is InChI=1S/C30H46O4.C4H6F3NO/c1-18(2)23-20(31)17-30(25(32)34-33)16-15-28(6)19(24(23)30)9-10-22-27(5)13-8-12-26(3,4)21(27)11-14-29(22,28)7;1-3(9)8-2-4(5,6)7/h18-19,21-22,33H,8-17H2,1-7H3;2H2,1H3,(H,8,9)/t19-,21+,22-,27+,28-,29-,30-;/m1./s1. The summed E-state index contributed by atoms with van der Waals surface area (Å²) in [6.07, 6.45) is 6.16. The first-order chi connectivity index (χ1) is 19.7. The zero-order valence-electron chi connectivity index (χ0n) is 27.3. The molecule has 7 atom stereocenters. The summed E-state index contributed by atoms with van der Waals surface area (Å²) in [6.45, 7) is 16.6. The van der Waals surface area contributed by atoms with E-state index in [9.17, 15) is 32.8 Å². The van der Waals surface area contributed by atoms with Crippen molar-refractivity contribution < 1.29 is 37.7 Å². The minimum absolute atomic E-state index is 0.0464. The number of rotatable bonds is 3. The largest absolute Gasteiger partial charge is 0.405 e. The molecule has 0 heterocycles. The van der Waals surface area contributed by atoms with Gasteiger partial charge in [0.2, 0.25) is 5.91 Å². The van der Waals surface area contributed by atoms with Gasteiger partial charge in [0.1, 0.15) is 12.0 Å². The molecule has 0 saturated heterocycles. The molecule has 0 bridgehead atoms. The molecule has 0 unspecified atom stereocenters. The van der Waals surface area contributed by atoms with E-state index in [0.29, 0.717) is 23.2 Å². The van der Waals surface area contributed by atoms with Crippen molar-refractivity contribution >= 4 is 17.7 Å². The van der Waals surface area contributed by atoms with Crippen molar-refractivity contribution in [2.45, 2.75) is 126 Å². The minimum atomic E-state index is -4.30. The van der Waals surface area contributed by atoms with Gasteiger partial charge in [-0.3, -0.25) is 9.59 Å². The number of hydrogen-bond donors (Lipinski definition) is 2. The third-order valence-electron chi connectivity index (χ3n) is 13.2. The number of nitrogens with one attached hydrogen (secondary N) is 1. The zero-order valence-corrected chi connectivity index (χ0v) is 27.3. The molecule has 0 aromatic rings. The maximum Gasteiger partial charge on any atom is 0.405 e. The summed E-state index contributed by atoms with van der Waals surface area (Å²) in [5, 5.41) is 11.1. The molecule has 0 radical (unpaired) electrons. The van der Waals surface area contributed by atoms with E-state index in [0.717, 1.165) is 36.8 Å². The van der Waals surface area contributed by atoms with Gasteiger partial charge in [0, 0.05) is 13.3 Å². The molecule has 5 aliphatic rings. The molecule has 5 rings (SSSR count). The van der Waals surface area contributed by atoms with Gasteiger partial charge in [0.15, 0.2) is 5.78 Å². The Bertz CT molecular complexity index is 1180. The second-order valence-corrected chi connectivity index (χ2v) is 16.0. The van der Waals surface area contributed by atoms with Gasteiger partial charge in [-0.25, -0.2) is 4.79 Å². The van der Waals surface area contributed by atoms with Crippen LogP contribution in [0.5, 0.6) is 0 Å². The number of carbonyl (C=O) groups excluding carboxylic acids is 3. The van der Waals surface area contributed by atoms with Gasteiger partial charge >= 0.3 is 12.1 Å². The van der Waals surface area contributed by atoms with Gasteiger partial charge in [-0.2, -0.15) is 18.4 Å². The van der Waals surface area contributed by atoms with Crippen LogP contribution in [0.1, 0.15) is 120 Å². The number of halogens is 3. The highest BCUT2D eigenvalue weighted by molar-refractivity contribution is 6.05. The minimum Gasteiger partial charge on any atom is -0.347 e. The molecule has 4 fully saturated rings. The normalized spacial score (nSPS) is 39.9. The second kappa shape index (κ2) is 11.2. The number of carbonyl (C=O) groups is 3. The molecular formula is C34H52F3NO5. The Morgan fingerprint density at radius 2 is 1.60 bits per heavy atom. The first kappa shape index (κ1) is 34.0. The number of fused-ring (bicyclic) bond motifs is 7. The highest BCUT2D eigenvalue weighted by Gasteiger charge is 2.70. The van der Waals surface area contributed by atoms with E-state index in [4.69, 9.17) is 0 Å². The quantitative estimate of drug-likeness (QED) is 0.249. The maximum atomic E-state index is 13.3. The lowest BCUT2D eigenvalue weighted by molar-refractivity contribution is -0.250. The van der Waals surface area contributed by atoms with E-state index in [-0.39, 0.29) is 34.9 Å². The molecular weight excluding hydrogens is 559 g/mol. The number of hydrogen-bond acceptors (Lipinski definition) is 5. The van der Waals surface area contributed by atoms with Crippen molar-refractivity contribution in [3.63, 3.8) is 0 Å². The van der Waals surface area contributed by atoms with Crippen LogP contribution in [0.15, 0.2) is 11.1 Å². The van der Waals surface area contributed by atoms with Crippen molar-refractivity contribution in [1.29, 1.82) is 0 Å². The Morgan fingerprint density at radius 1 is 0.953 bits per heavy atom.